The highest BCUT2D eigenvalue weighted by Crippen LogP contribution is 2.34. The first-order valence-corrected chi connectivity index (χ1v) is 8.90. The molecular weight excluding hydrogens is 363 g/mol. The van der Waals surface area contributed by atoms with Crippen molar-refractivity contribution < 1.29 is 21.6 Å². The van der Waals surface area contributed by atoms with E-state index >= 15 is 0 Å². The number of halogens is 4. The second kappa shape index (κ2) is 6.64. The summed E-state index contributed by atoms with van der Waals surface area (Å²) in [5, 5.41) is -0.486. The molecule has 0 aliphatic heterocycles. The van der Waals surface area contributed by atoms with Crippen molar-refractivity contribution in [3.8, 4) is 0 Å². The van der Waals surface area contributed by atoms with Crippen LogP contribution in [0.1, 0.15) is 23.6 Å². The Labute approximate surface area is 143 Å². The van der Waals surface area contributed by atoms with Gasteiger partial charge in [-0.25, -0.2) is 8.42 Å². The van der Waals surface area contributed by atoms with Crippen LogP contribution in [0, 0.1) is 6.92 Å². The number of benzene rings is 2. The number of alkyl halides is 3. The minimum Gasteiger partial charge on any atom is -0.279 e. The first kappa shape index (κ1) is 18.6. The van der Waals surface area contributed by atoms with Crippen molar-refractivity contribution >= 4 is 27.3 Å². The molecule has 0 aliphatic rings. The summed E-state index contributed by atoms with van der Waals surface area (Å²) in [7, 11) is -4.10. The number of aryl methyl sites for hydroxylation is 2. The number of anilines is 1. The quantitative estimate of drug-likeness (QED) is 0.812. The van der Waals surface area contributed by atoms with Gasteiger partial charge in [0.05, 0.1) is 16.3 Å². The van der Waals surface area contributed by atoms with E-state index in [-0.39, 0.29) is 0 Å². The highest BCUT2D eigenvalue weighted by Gasteiger charge is 2.32. The van der Waals surface area contributed by atoms with Gasteiger partial charge in [0.1, 0.15) is 4.90 Å². The van der Waals surface area contributed by atoms with E-state index in [1.54, 1.807) is 19.1 Å². The van der Waals surface area contributed by atoms with Gasteiger partial charge in [-0.05, 0) is 48.7 Å². The molecule has 0 fully saturated rings. The number of nitrogens with one attached hydrogen (secondary N) is 1. The zero-order valence-electron chi connectivity index (χ0n) is 12.9. The lowest BCUT2D eigenvalue weighted by atomic mass is 10.1. The van der Waals surface area contributed by atoms with Crippen LogP contribution in [0.3, 0.4) is 0 Å². The molecule has 0 spiro atoms. The van der Waals surface area contributed by atoms with E-state index < -0.39 is 31.7 Å². The SMILES string of the molecule is CCc1ccc(NS(=O)(=O)c2ccc(C(F)(F)F)cc2Cl)c(C)c1. The van der Waals surface area contributed by atoms with Gasteiger partial charge < -0.3 is 0 Å². The van der Waals surface area contributed by atoms with Crippen molar-refractivity contribution in [3.05, 3.63) is 58.1 Å². The summed E-state index contributed by atoms with van der Waals surface area (Å²) in [4.78, 5) is -0.406. The maximum Gasteiger partial charge on any atom is 0.416 e. The molecule has 0 aromatic heterocycles. The number of rotatable bonds is 4. The van der Waals surface area contributed by atoms with Crippen LogP contribution >= 0.6 is 11.6 Å². The summed E-state index contributed by atoms with van der Waals surface area (Å²) in [6, 6.07) is 7.37. The Morgan fingerprint density at radius 2 is 1.79 bits per heavy atom. The van der Waals surface area contributed by atoms with Crippen LogP contribution in [-0.2, 0) is 22.6 Å². The fourth-order valence-electron chi connectivity index (χ4n) is 2.16. The summed E-state index contributed by atoms with van der Waals surface area (Å²) < 4.78 is 65.1. The molecule has 3 nitrogen and oxygen atoms in total. The second-order valence-corrected chi connectivity index (χ2v) is 7.31. The van der Waals surface area contributed by atoms with Crippen molar-refractivity contribution in [2.24, 2.45) is 0 Å². The van der Waals surface area contributed by atoms with Gasteiger partial charge >= 0.3 is 6.18 Å². The first-order valence-electron chi connectivity index (χ1n) is 7.03. The summed E-state index contributed by atoms with van der Waals surface area (Å²) >= 11 is 5.75. The Hall–Kier alpha value is -1.73. The van der Waals surface area contributed by atoms with E-state index in [0.717, 1.165) is 18.1 Å². The van der Waals surface area contributed by atoms with E-state index in [1.807, 2.05) is 13.0 Å². The van der Waals surface area contributed by atoms with Gasteiger partial charge in [-0.15, -0.1) is 0 Å². The fourth-order valence-corrected chi connectivity index (χ4v) is 3.83. The minimum atomic E-state index is -4.59. The molecule has 0 heterocycles. The Bertz CT molecular complexity index is 864. The largest absolute Gasteiger partial charge is 0.416 e. The summed E-state index contributed by atoms with van der Waals surface area (Å²) in [6.07, 6.45) is -3.79. The van der Waals surface area contributed by atoms with Crippen molar-refractivity contribution in [1.82, 2.24) is 0 Å². The lowest BCUT2D eigenvalue weighted by Gasteiger charge is -2.14. The third-order valence-electron chi connectivity index (χ3n) is 3.49. The molecule has 0 unspecified atom stereocenters. The van der Waals surface area contributed by atoms with Crippen LogP contribution in [0.4, 0.5) is 18.9 Å². The molecule has 0 saturated carbocycles. The monoisotopic (exact) mass is 377 g/mol. The molecule has 0 amide bonds. The third-order valence-corrected chi connectivity index (χ3v) is 5.34. The lowest BCUT2D eigenvalue weighted by molar-refractivity contribution is -0.137. The highest BCUT2D eigenvalue weighted by molar-refractivity contribution is 7.92. The Morgan fingerprint density at radius 3 is 2.29 bits per heavy atom. The highest BCUT2D eigenvalue weighted by atomic mass is 35.5. The van der Waals surface area contributed by atoms with Crippen LogP contribution in [0.5, 0.6) is 0 Å². The molecule has 1 N–H and O–H groups in total. The molecule has 24 heavy (non-hydrogen) atoms. The second-order valence-electron chi connectivity index (χ2n) is 5.25. The van der Waals surface area contributed by atoms with E-state index in [9.17, 15) is 21.6 Å². The first-order chi connectivity index (χ1) is 11.0. The molecule has 2 rings (SSSR count). The Morgan fingerprint density at radius 1 is 1.12 bits per heavy atom. The van der Waals surface area contributed by atoms with Gasteiger partial charge in [0, 0.05) is 0 Å². The summed E-state index contributed by atoms with van der Waals surface area (Å²) in [5.41, 5.74) is 1.10. The van der Waals surface area contributed by atoms with Crippen LogP contribution in [-0.4, -0.2) is 8.42 Å². The van der Waals surface area contributed by atoms with E-state index in [0.29, 0.717) is 23.4 Å². The average Bonchev–Trinajstić information content (AvgIpc) is 2.47. The molecule has 0 aliphatic carbocycles. The minimum absolute atomic E-state index is 0.350. The number of sulfonamides is 1. The van der Waals surface area contributed by atoms with Crippen LogP contribution in [0.25, 0.3) is 0 Å². The van der Waals surface area contributed by atoms with E-state index in [2.05, 4.69) is 4.72 Å². The number of hydrogen-bond acceptors (Lipinski definition) is 2. The standard InChI is InChI=1S/C16H15ClF3NO2S/c1-3-11-4-6-14(10(2)8-11)21-24(22,23)15-7-5-12(9-13(15)17)16(18,19)20/h4-9,21H,3H2,1-2H3. The maximum absolute atomic E-state index is 12.6. The van der Waals surface area contributed by atoms with E-state index in [1.165, 1.54) is 0 Å². The van der Waals surface area contributed by atoms with Gasteiger partial charge in [0.25, 0.3) is 10.0 Å². The van der Waals surface area contributed by atoms with E-state index in [4.69, 9.17) is 11.6 Å². The predicted octanol–water partition coefficient (Wildman–Crippen LogP) is 5.03. The number of hydrogen-bond donors (Lipinski definition) is 1. The summed E-state index contributed by atoms with van der Waals surface area (Å²) in [6.45, 7) is 3.71. The van der Waals surface area contributed by atoms with Gasteiger partial charge in [-0.3, -0.25) is 4.72 Å². The molecule has 0 atom stereocenters. The Kier molecular flexibility index (Phi) is 5.15. The zero-order chi connectivity index (χ0) is 18.1. The molecule has 130 valence electrons. The molecule has 2 aromatic carbocycles. The van der Waals surface area contributed by atoms with Gasteiger partial charge in [-0.2, -0.15) is 13.2 Å². The van der Waals surface area contributed by atoms with Gasteiger partial charge in [0.15, 0.2) is 0 Å². The predicted molar refractivity (Wildman–Crippen MR) is 87.8 cm³/mol. The molecular formula is C16H15ClF3NO2S. The van der Waals surface area contributed by atoms with Crippen LogP contribution in [0.15, 0.2) is 41.3 Å². The zero-order valence-corrected chi connectivity index (χ0v) is 14.5. The van der Waals surface area contributed by atoms with Crippen molar-refractivity contribution in [3.63, 3.8) is 0 Å². The normalized spacial score (nSPS) is 12.2. The molecule has 8 heteroatoms. The average molecular weight is 378 g/mol. The fraction of sp³-hybridized carbons (Fsp3) is 0.250. The summed E-state index contributed by atoms with van der Waals surface area (Å²) in [5.74, 6) is 0. The van der Waals surface area contributed by atoms with Crippen LogP contribution in [0.2, 0.25) is 5.02 Å². The maximum atomic E-state index is 12.6. The van der Waals surface area contributed by atoms with Gasteiger partial charge in [0.2, 0.25) is 0 Å². The van der Waals surface area contributed by atoms with Crippen molar-refractivity contribution in [2.45, 2.75) is 31.3 Å². The molecule has 2 aromatic rings. The van der Waals surface area contributed by atoms with Gasteiger partial charge in [-0.1, -0.05) is 30.7 Å². The smallest absolute Gasteiger partial charge is 0.279 e. The van der Waals surface area contributed by atoms with Crippen LogP contribution < -0.4 is 4.72 Å². The topological polar surface area (TPSA) is 46.2 Å². The molecule has 0 bridgehead atoms. The lowest BCUT2D eigenvalue weighted by Crippen LogP contribution is -2.15. The Balaban J connectivity index is 2.38. The van der Waals surface area contributed by atoms with Crippen molar-refractivity contribution in [2.75, 3.05) is 4.72 Å². The molecule has 0 radical (unpaired) electrons. The molecule has 0 saturated heterocycles. The van der Waals surface area contributed by atoms with Crippen molar-refractivity contribution in [1.29, 1.82) is 0 Å². The third kappa shape index (κ3) is 4.02.